The first kappa shape index (κ1) is 22.6. The van der Waals surface area contributed by atoms with Crippen LogP contribution < -0.4 is 5.32 Å². The summed E-state index contributed by atoms with van der Waals surface area (Å²) in [5, 5.41) is 3.10. The van der Waals surface area contributed by atoms with Crippen LogP contribution in [0, 0.1) is 0 Å². The molecule has 0 fully saturated rings. The Labute approximate surface area is 173 Å². The highest BCUT2D eigenvalue weighted by Crippen LogP contribution is 2.12. The van der Waals surface area contributed by atoms with E-state index in [1.54, 1.807) is 6.92 Å². The van der Waals surface area contributed by atoms with Gasteiger partial charge >= 0.3 is 11.9 Å². The summed E-state index contributed by atoms with van der Waals surface area (Å²) in [6.45, 7) is 7.36. The van der Waals surface area contributed by atoms with Crippen LogP contribution in [0.25, 0.3) is 0 Å². The van der Waals surface area contributed by atoms with Gasteiger partial charge in [-0.05, 0) is 51.7 Å². The van der Waals surface area contributed by atoms with Crippen LogP contribution in [0.15, 0.2) is 60.7 Å². The lowest BCUT2D eigenvalue weighted by Crippen LogP contribution is -2.48. The van der Waals surface area contributed by atoms with Crippen LogP contribution in [-0.4, -0.2) is 29.6 Å². The lowest BCUT2D eigenvalue weighted by atomic mass is 10.0. The molecule has 1 unspecified atom stereocenters. The highest BCUT2D eigenvalue weighted by Gasteiger charge is 2.27. The van der Waals surface area contributed by atoms with Crippen LogP contribution in [0.4, 0.5) is 0 Å². The van der Waals surface area contributed by atoms with Crippen molar-refractivity contribution < 1.29 is 19.1 Å². The SMILES string of the molecule is C[C@H](NC(CCc1ccccc1)C(=O)OCc1ccccc1)C(=O)OC(C)(C)C. The summed E-state index contributed by atoms with van der Waals surface area (Å²) >= 11 is 0. The lowest BCUT2D eigenvalue weighted by molar-refractivity contribution is -0.158. The highest BCUT2D eigenvalue weighted by atomic mass is 16.6. The van der Waals surface area contributed by atoms with E-state index in [1.165, 1.54) is 0 Å². The van der Waals surface area contributed by atoms with Crippen LogP contribution in [0.5, 0.6) is 0 Å². The summed E-state index contributed by atoms with van der Waals surface area (Å²) in [6.07, 6.45) is 1.21. The van der Waals surface area contributed by atoms with Crippen LogP contribution in [0.3, 0.4) is 0 Å². The number of rotatable bonds is 9. The van der Waals surface area contributed by atoms with E-state index in [-0.39, 0.29) is 12.6 Å². The van der Waals surface area contributed by atoms with Crippen LogP contribution in [0.1, 0.15) is 45.2 Å². The average Bonchev–Trinajstić information content (AvgIpc) is 2.69. The molecule has 156 valence electrons. The minimum Gasteiger partial charge on any atom is -0.460 e. The summed E-state index contributed by atoms with van der Waals surface area (Å²) in [4.78, 5) is 25.1. The van der Waals surface area contributed by atoms with Crippen molar-refractivity contribution in [2.24, 2.45) is 0 Å². The van der Waals surface area contributed by atoms with Crippen molar-refractivity contribution in [1.29, 1.82) is 0 Å². The summed E-state index contributed by atoms with van der Waals surface area (Å²) < 4.78 is 10.9. The Morgan fingerprint density at radius 3 is 2.00 bits per heavy atom. The summed E-state index contributed by atoms with van der Waals surface area (Å²) in [6, 6.07) is 18.2. The second kappa shape index (κ2) is 10.8. The molecule has 1 N–H and O–H groups in total. The molecule has 5 heteroatoms. The van der Waals surface area contributed by atoms with Crippen molar-refractivity contribution in [3.8, 4) is 0 Å². The van der Waals surface area contributed by atoms with Crippen LogP contribution >= 0.6 is 0 Å². The smallest absolute Gasteiger partial charge is 0.323 e. The van der Waals surface area contributed by atoms with Gasteiger partial charge in [-0.25, -0.2) is 0 Å². The maximum absolute atomic E-state index is 12.7. The minimum absolute atomic E-state index is 0.198. The number of esters is 2. The molecule has 0 amide bonds. The van der Waals surface area contributed by atoms with E-state index in [4.69, 9.17) is 9.47 Å². The van der Waals surface area contributed by atoms with Gasteiger partial charge in [-0.2, -0.15) is 0 Å². The van der Waals surface area contributed by atoms with Crippen molar-refractivity contribution in [3.05, 3.63) is 71.8 Å². The van der Waals surface area contributed by atoms with E-state index in [0.717, 1.165) is 11.1 Å². The monoisotopic (exact) mass is 397 g/mol. The molecule has 0 saturated heterocycles. The van der Waals surface area contributed by atoms with Gasteiger partial charge in [0.05, 0.1) is 0 Å². The third-order valence-corrected chi connectivity index (χ3v) is 4.28. The Morgan fingerprint density at radius 1 is 0.897 bits per heavy atom. The summed E-state index contributed by atoms with van der Waals surface area (Å²) in [5.41, 5.74) is 1.46. The normalized spacial score (nSPS) is 13.4. The molecule has 0 radical (unpaired) electrons. The van der Waals surface area contributed by atoms with Gasteiger partial charge in [-0.1, -0.05) is 60.7 Å². The van der Waals surface area contributed by atoms with Gasteiger partial charge in [0.25, 0.3) is 0 Å². The number of benzene rings is 2. The highest BCUT2D eigenvalue weighted by molar-refractivity contribution is 5.79. The predicted octanol–water partition coefficient (Wildman–Crippen LogP) is 4.05. The summed E-state index contributed by atoms with van der Waals surface area (Å²) in [7, 11) is 0. The fourth-order valence-corrected chi connectivity index (χ4v) is 2.81. The molecule has 2 aromatic rings. The first-order chi connectivity index (χ1) is 13.7. The molecule has 2 aromatic carbocycles. The molecule has 0 heterocycles. The number of hydrogen-bond acceptors (Lipinski definition) is 5. The molecule has 0 aliphatic heterocycles. The standard InChI is InChI=1S/C24H31NO4/c1-18(22(26)29-24(2,3)4)25-21(16-15-19-11-7-5-8-12-19)23(27)28-17-20-13-9-6-10-14-20/h5-14,18,21,25H,15-17H2,1-4H3/t18-,21?/m0/s1. The van der Waals surface area contributed by atoms with Crippen molar-refractivity contribution in [2.75, 3.05) is 0 Å². The molecule has 0 bridgehead atoms. The molecule has 0 aromatic heterocycles. The van der Waals surface area contributed by atoms with Gasteiger partial charge in [0.1, 0.15) is 24.3 Å². The molecule has 2 rings (SSSR count). The fraction of sp³-hybridized carbons (Fsp3) is 0.417. The van der Waals surface area contributed by atoms with E-state index in [1.807, 2.05) is 81.4 Å². The second-order valence-electron chi connectivity index (χ2n) is 8.09. The van der Waals surface area contributed by atoms with Crippen LogP contribution in [0.2, 0.25) is 0 Å². The van der Waals surface area contributed by atoms with E-state index < -0.39 is 23.7 Å². The van der Waals surface area contributed by atoms with Gasteiger partial charge in [0.2, 0.25) is 0 Å². The summed E-state index contributed by atoms with van der Waals surface area (Å²) in [5.74, 6) is -0.765. The molecular weight excluding hydrogens is 366 g/mol. The van der Waals surface area contributed by atoms with Crippen molar-refractivity contribution in [2.45, 2.75) is 64.8 Å². The topological polar surface area (TPSA) is 64.6 Å². The third-order valence-electron chi connectivity index (χ3n) is 4.28. The van der Waals surface area contributed by atoms with E-state index >= 15 is 0 Å². The average molecular weight is 398 g/mol. The Morgan fingerprint density at radius 2 is 1.45 bits per heavy atom. The molecule has 5 nitrogen and oxygen atoms in total. The quantitative estimate of drug-likeness (QED) is 0.647. The van der Waals surface area contributed by atoms with Gasteiger partial charge in [-0.15, -0.1) is 0 Å². The number of carbonyl (C=O) groups is 2. The number of aryl methyl sites for hydroxylation is 1. The van der Waals surface area contributed by atoms with Crippen molar-refractivity contribution in [3.63, 3.8) is 0 Å². The largest absolute Gasteiger partial charge is 0.460 e. The first-order valence-corrected chi connectivity index (χ1v) is 9.98. The molecule has 0 aliphatic carbocycles. The van der Waals surface area contributed by atoms with E-state index in [0.29, 0.717) is 12.8 Å². The number of hydrogen-bond donors (Lipinski definition) is 1. The maximum atomic E-state index is 12.7. The number of nitrogens with one attached hydrogen (secondary N) is 1. The van der Waals surface area contributed by atoms with Crippen LogP contribution in [-0.2, 0) is 32.1 Å². The fourth-order valence-electron chi connectivity index (χ4n) is 2.81. The van der Waals surface area contributed by atoms with Crippen molar-refractivity contribution >= 4 is 11.9 Å². The Balaban J connectivity index is 2.01. The Hall–Kier alpha value is -2.66. The number of carbonyl (C=O) groups excluding carboxylic acids is 2. The molecule has 0 aliphatic rings. The van der Waals surface area contributed by atoms with E-state index in [9.17, 15) is 9.59 Å². The van der Waals surface area contributed by atoms with Gasteiger partial charge in [0, 0.05) is 0 Å². The zero-order valence-electron chi connectivity index (χ0n) is 17.7. The maximum Gasteiger partial charge on any atom is 0.323 e. The van der Waals surface area contributed by atoms with Gasteiger partial charge in [0.15, 0.2) is 0 Å². The Bertz CT molecular complexity index is 768. The number of ether oxygens (including phenoxy) is 2. The molecule has 29 heavy (non-hydrogen) atoms. The Kier molecular flexibility index (Phi) is 8.40. The lowest BCUT2D eigenvalue weighted by Gasteiger charge is -2.25. The second-order valence-corrected chi connectivity index (χ2v) is 8.09. The molecular formula is C24H31NO4. The van der Waals surface area contributed by atoms with Crippen molar-refractivity contribution in [1.82, 2.24) is 5.32 Å². The zero-order chi connectivity index (χ0) is 21.3. The van der Waals surface area contributed by atoms with Gasteiger partial charge < -0.3 is 9.47 Å². The predicted molar refractivity (Wildman–Crippen MR) is 113 cm³/mol. The van der Waals surface area contributed by atoms with Gasteiger partial charge in [-0.3, -0.25) is 14.9 Å². The van der Waals surface area contributed by atoms with E-state index in [2.05, 4.69) is 5.32 Å². The minimum atomic E-state index is -0.626. The zero-order valence-corrected chi connectivity index (χ0v) is 17.7. The third kappa shape index (κ3) is 8.48. The first-order valence-electron chi connectivity index (χ1n) is 9.98. The molecule has 0 saturated carbocycles. The molecule has 0 spiro atoms. The molecule has 2 atom stereocenters.